The lowest BCUT2D eigenvalue weighted by atomic mass is 9.60. The predicted molar refractivity (Wildman–Crippen MR) is 119 cm³/mol. The van der Waals surface area contributed by atoms with E-state index < -0.39 is 0 Å². The molecule has 1 aromatic rings. The first kappa shape index (κ1) is 22.1. The smallest absolute Gasteiger partial charge is 0.321 e. The van der Waals surface area contributed by atoms with E-state index in [0.29, 0.717) is 30.6 Å². The number of nitrogens with one attached hydrogen (secondary N) is 1. The van der Waals surface area contributed by atoms with Crippen molar-refractivity contribution in [1.82, 2.24) is 14.7 Å². The maximum Gasteiger partial charge on any atom is 0.321 e. The molecule has 3 fully saturated rings. The fourth-order valence-electron chi connectivity index (χ4n) is 6.15. The Labute approximate surface area is 184 Å². The quantitative estimate of drug-likeness (QED) is 0.793. The second-order valence-corrected chi connectivity index (χ2v) is 9.99. The molecule has 1 N–H and O–H groups in total. The highest BCUT2D eigenvalue weighted by Crippen LogP contribution is 2.57. The summed E-state index contributed by atoms with van der Waals surface area (Å²) in [6.07, 6.45) is 2.59. The van der Waals surface area contributed by atoms with Gasteiger partial charge in [-0.05, 0) is 50.3 Å². The second kappa shape index (κ2) is 8.41. The van der Waals surface area contributed by atoms with Crippen molar-refractivity contribution < 1.29 is 14.0 Å². The molecule has 170 valence electrons. The number of urea groups is 1. The molecular weight excluding hydrogens is 395 g/mol. The summed E-state index contributed by atoms with van der Waals surface area (Å²) in [4.78, 5) is 32.6. The van der Waals surface area contributed by atoms with Crippen LogP contribution in [0.25, 0.3) is 0 Å². The molecule has 0 bridgehead atoms. The number of nitrogens with zero attached hydrogens (tertiary/aromatic N) is 3. The van der Waals surface area contributed by atoms with Crippen LogP contribution in [0, 0.1) is 22.6 Å². The molecule has 1 aromatic carbocycles. The standard InChI is InChI=1S/C24H35FN4O2/c1-4-28-13-10-24(21(28)30)17-27(15-18(2)3)16-23(24)8-11-29(12-9-23)22(31)26-20-7-5-6-19(25)14-20/h5-7,14,18H,4,8-13,15-17H2,1-3H3,(H,26,31). The number of carbonyl (C=O) groups is 2. The Kier molecular flexibility index (Phi) is 5.99. The van der Waals surface area contributed by atoms with Crippen molar-refractivity contribution in [3.8, 4) is 0 Å². The van der Waals surface area contributed by atoms with Gasteiger partial charge >= 0.3 is 6.03 Å². The number of fused-ring (bicyclic) bond motifs is 1. The summed E-state index contributed by atoms with van der Waals surface area (Å²) >= 11 is 0. The van der Waals surface area contributed by atoms with Crippen LogP contribution < -0.4 is 5.32 Å². The summed E-state index contributed by atoms with van der Waals surface area (Å²) in [5.74, 6) is 0.510. The third kappa shape index (κ3) is 3.93. The molecule has 0 aliphatic carbocycles. The molecule has 0 radical (unpaired) electrons. The molecule has 6 nitrogen and oxygen atoms in total. The Bertz CT molecular complexity index is 837. The Balaban J connectivity index is 1.49. The van der Waals surface area contributed by atoms with Gasteiger partial charge in [-0.1, -0.05) is 19.9 Å². The maximum absolute atomic E-state index is 13.5. The molecule has 3 saturated heterocycles. The SMILES string of the molecule is CCN1CCC2(CN(CC(C)C)CC23CCN(C(=O)Nc2cccc(F)c2)CC3)C1=O. The van der Waals surface area contributed by atoms with Gasteiger partial charge < -0.3 is 20.0 Å². The number of carbonyl (C=O) groups excluding carboxylic acids is 2. The number of benzene rings is 1. The number of halogens is 1. The molecule has 4 rings (SSSR count). The van der Waals surface area contributed by atoms with Crippen molar-refractivity contribution in [1.29, 1.82) is 0 Å². The highest BCUT2D eigenvalue weighted by atomic mass is 19.1. The molecule has 0 aromatic heterocycles. The highest BCUT2D eigenvalue weighted by molar-refractivity contribution is 5.89. The third-order valence-corrected chi connectivity index (χ3v) is 7.63. The number of piperidine rings is 1. The average Bonchev–Trinajstić information content (AvgIpc) is 3.19. The zero-order valence-electron chi connectivity index (χ0n) is 19.0. The van der Waals surface area contributed by atoms with Crippen LogP contribution in [0.3, 0.4) is 0 Å². The largest absolute Gasteiger partial charge is 0.342 e. The third-order valence-electron chi connectivity index (χ3n) is 7.63. The fraction of sp³-hybridized carbons (Fsp3) is 0.667. The highest BCUT2D eigenvalue weighted by Gasteiger charge is 2.64. The first-order valence-corrected chi connectivity index (χ1v) is 11.6. The van der Waals surface area contributed by atoms with Crippen molar-refractivity contribution in [2.75, 3.05) is 51.1 Å². The zero-order valence-corrected chi connectivity index (χ0v) is 19.0. The summed E-state index contributed by atoms with van der Waals surface area (Å²) in [5, 5.41) is 2.81. The summed E-state index contributed by atoms with van der Waals surface area (Å²) in [6, 6.07) is 5.78. The van der Waals surface area contributed by atoms with Crippen molar-refractivity contribution in [3.63, 3.8) is 0 Å². The van der Waals surface area contributed by atoms with Crippen LogP contribution in [0.15, 0.2) is 24.3 Å². The molecule has 1 atom stereocenters. The van der Waals surface area contributed by atoms with Crippen LogP contribution in [0.4, 0.5) is 14.9 Å². The Morgan fingerprint density at radius 1 is 1.16 bits per heavy atom. The first-order chi connectivity index (χ1) is 14.8. The number of hydrogen-bond donors (Lipinski definition) is 1. The molecule has 3 amide bonds. The Morgan fingerprint density at radius 3 is 2.52 bits per heavy atom. The molecule has 1 unspecified atom stereocenters. The minimum absolute atomic E-state index is 0.0709. The minimum Gasteiger partial charge on any atom is -0.342 e. The van der Waals surface area contributed by atoms with Crippen LogP contribution >= 0.6 is 0 Å². The lowest BCUT2D eigenvalue weighted by Gasteiger charge is -2.47. The molecule has 3 aliphatic rings. The van der Waals surface area contributed by atoms with Crippen molar-refractivity contribution >= 4 is 17.6 Å². The van der Waals surface area contributed by atoms with E-state index in [2.05, 4.69) is 31.0 Å². The van der Waals surface area contributed by atoms with E-state index in [-0.39, 0.29) is 22.7 Å². The molecule has 0 saturated carbocycles. The van der Waals surface area contributed by atoms with E-state index in [1.165, 1.54) is 12.1 Å². The van der Waals surface area contributed by atoms with Crippen molar-refractivity contribution in [3.05, 3.63) is 30.1 Å². The van der Waals surface area contributed by atoms with Gasteiger partial charge in [-0.25, -0.2) is 9.18 Å². The topological polar surface area (TPSA) is 55.9 Å². The first-order valence-electron chi connectivity index (χ1n) is 11.6. The van der Waals surface area contributed by atoms with Gasteiger partial charge in [0, 0.05) is 56.9 Å². The van der Waals surface area contributed by atoms with Crippen molar-refractivity contribution in [2.45, 2.75) is 40.0 Å². The van der Waals surface area contributed by atoms with Crippen molar-refractivity contribution in [2.24, 2.45) is 16.7 Å². The maximum atomic E-state index is 13.5. The van der Waals surface area contributed by atoms with E-state index in [0.717, 1.165) is 52.0 Å². The molecular formula is C24H35FN4O2. The van der Waals surface area contributed by atoms with Crippen LogP contribution in [0.2, 0.25) is 0 Å². The zero-order chi connectivity index (χ0) is 22.2. The lowest BCUT2D eigenvalue weighted by molar-refractivity contribution is -0.141. The van der Waals surface area contributed by atoms with Gasteiger partial charge in [-0.15, -0.1) is 0 Å². The minimum atomic E-state index is -0.367. The van der Waals surface area contributed by atoms with Crippen LogP contribution in [-0.2, 0) is 4.79 Å². The van der Waals surface area contributed by atoms with E-state index in [4.69, 9.17) is 0 Å². The normalized spacial score (nSPS) is 25.9. The van der Waals surface area contributed by atoms with Gasteiger partial charge in [0.15, 0.2) is 0 Å². The summed E-state index contributed by atoms with van der Waals surface area (Å²) in [5.41, 5.74) is 0.0805. The number of anilines is 1. The van der Waals surface area contributed by atoms with Gasteiger partial charge in [-0.2, -0.15) is 0 Å². The lowest BCUT2D eigenvalue weighted by Crippen LogP contribution is -2.54. The molecule has 2 spiro atoms. The summed E-state index contributed by atoms with van der Waals surface area (Å²) in [6.45, 7) is 12.2. The number of rotatable bonds is 4. The van der Waals surface area contributed by atoms with Crippen LogP contribution in [-0.4, -0.2) is 72.5 Å². The number of amides is 3. The van der Waals surface area contributed by atoms with Gasteiger partial charge in [0.1, 0.15) is 5.82 Å². The molecule has 31 heavy (non-hydrogen) atoms. The summed E-state index contributed by atoms with van der Waals surface area (Å²) < 4.78 is 13.4. The Morgan fingerprint density at radius 2 is 1.90 bits per heavy atom. The summed E-state index contributed by atoms with van der Waals surface area (Å²) in [7, 11) is 0. The molecule has 3 aliphatic heterocycles. The van der Waals surface area contributed by atoms with Gasteiger partial charge in [0.05, 0.1) is 5.41 Å². The van der Waals surface area contributed by atoms with Crippen LogP contribution in [0.1, 0.15) is 40.0 Å². The number of likely N-dealkylation sites (tertiary alicyclic amines) is 3. The predicted octanol–water partition coefficient (Wildman–Crippen LogP) is 3.65. The second-order valence-electron chi connectivity index (χ2n) is 9.99. The molecule has 3 heterocycles. The van der Waals surface area contributed by atoms with E-state index in [1.54, 1.807) is 12.1 Å². The monoisotopic (exact) mass is 430 g/mol. The van der Waals surface area contributed by atoms with Gasteiger partial charge in [0.25, 0.3) is 0 Å². The van der Waals surface area contributed by atoms with Gasteiger partial charge in [0.2, 0.25) is 5.91 Å². The van der Waals surface area contributed by atoms with E-state index in [1.807, 2.05) is 9.80 Å². The number of hydrogen-bond acceptors (Lipinski definition) is 3. The van der Waals surface area contributed by atoms with E-state index in [9.17, 15) is 14.0 Å². The average molecular weight is 431 g/mol. The fourth-order valence-corrected chi connectivity index (χ4v) is 6.15. The van der Waals surface area contributed by atoms with Crippen LogP contribution in [0.5, 0.6) is 0 Å². The van der Waals surface area contributed by atoms with Gasteiger partial charge in [-0.3, -0.25) is 4.79 Å². The Hall–Kier alpha value is -2.15. The van der Waals surface area contributed by atoms with E-state index >= 15 is 0 Å². The molecule has 7 heteroatoms.